The molecule has 0 saturated heterocycles. The number of aromatic nitrogens is 2. The lowest BCUT2D eigenvalue weighted by atomic mass is 10.2. The summed E-state index contributed by atoms with van der Waals surface area (Å²) >= 11 is 7.64. The second-order valence-corrected chi connectivity index (χ2v) is 4.97. The molecule has 0 aliphatic rings. The smallest absolute Gasteiger partial charge is 0.151 e. The molecule has 1 aromatic carbocycles. The molecule has 2 nitrogen and oxygen atoms in total. The van der Waals surface area contributed by atoms with Gasteiger partial charge in [0.15, 0.2) is 5.15 Å². The maximum Gasteiger partial charge on any atom is 0.151 e. The summed E-state index contributed by atoms with van der Waals surface area (Å²) < 4.78 is 2.01. The van der Waals surface area contributed by atoms with Crippen molar-refractivity contribution in [3.63, 3.8) is 0 Å². The maximum absolute atomic E-state index is 6.11. The van der Waals surface area contributed by atoms with Crippen LogP contribution in [-0.4, -0.2) is 9.55 Å². The van der Waals surface area contributed by atoms with E-state index in [4.69, 9.17) is 11.6 Å². The van der Waals surface area contributed by atoms with E-state index in [-0.39, 0.29) is 0 Å². The average molecular weight is 277 g/mol. The summed E-state index contributed by atoms with van der Waals surface area (Å²) in [6, 6.07) is 8.28. The van der Waals surface area contributed by atoms with E-state index in [1.54, 1.807) is 6.33 Å². The molecule has 0 bridgehead atoms. The Morgan fingerprint density at radius 1 is 1.33 bits per heavy atom. The molecule has 0 unspecified atom stereocenters. The van der Waals surface area contributed by atoms with Gasteiger partial charge >= 0.3 is 0 Å². The fourth-order valence-electron chi connectivity index (χ4n) is 1.59. The van der Waals surface area contributed by atoms with Crippen LogP contribution in [0.15, 0.2) is 30.6 Å². The average Bonchev–Trinajstić information content (AvgIpc) is 2.73. The van der Waals surface area contributed by atoms with Crippen LogP contribution >= 0.6 is 23.4 Å². The molecule has 0 radical (unpaired) electrons. The van der Waals surface area contributed by atoms with Crippen molar-refractivity contribution in [1.29, 1.82) is 0 Å². The highest BCUT2D eigenvalue weighted by Gasteiger charge is 2.10. The first-order valence-corrected chi connectivity index (χ1v) is 6.91. The topological polar surface area (TPSA) is 17.8 Å². The first-order valence-electron chi connectivity index (χ1n) is 5.54. The highest BCUT2D eigenvalue weighted by molar-refractivity contribution is 8.03. The highest BCUT2D eigenvalue weighted by atomic mass is 35.5. The summed E-state index contributed by atoms with van der Waals surface area (Å²) in [5, 5.41) is 3.51. The van der Waals surface area contributed by atoms with Crippen LogP contribution in [0, 0.1) is 18.1 Å². The van der Waals surface area contributed by atoms with E-state index in [2.05, 4.69) is 47.3 Å². The largest absolute Gasteiger partial charge is 0.301 e. The molecule has 1 heterocycles. The zero-order valence-corrected chi connectivity index (χ0v) is 11.8. The highest BCUT2D eigenvalue weighted by Crippen LogP contribution is 2.23. The van der Waals surface area contributed by atoms with Gasteiger partial charge in [-0.3, -0.25) is 0 Å². The molecule has 1 aromatic heterocycles. The summed E-state index contributed by atoms with van der Waals surface area (Å²) in [4.78, 5) is 4.16. The van der Waals surface area contributed by atoms with E-state index in [9.17, 15) is 0 Å². The fourth-order valence-corrected chi connectivity index (χ4v) is 2.50. The van der Waals surface area contributed by atoms with Crippen molar-refractivity contribution in [2.24, 2.45) is 0 Å². The molecule has 2 rings (SSSR count). The monoisotopic (exact) mass is 276 g/mol. The van der Waals surface area contributed by atoms with Gasteiger partial charge in [0, 0.05) is 11.4 Å². The maximum atomic E-state index is 6.11. The lowest BCUT2D eigenvalue weighted by Gasteiger charge is -2.07. The number of benzene rings is 1. The molecule has 0 saturated carbocycles. The van der Waals surface area contributed by atoms with E-state index < -0.39 is 0 Å². The number of hydrogen-bond acceptors (Lipinski definition) is 2. The molecule has 0 aliphatic carbocycles. The molecule has 2 aromatic rings. The molecule has 0 atom stereocenters. The van der Waals surface area contributed by atoms with Crippen LogP contribution in [0.25, 0.3) is 5.69 Å². The van der Waals surface area contributed by atoms with Crippen LogP contribution in [0.3, 0.4) is 0 Å². The lowest BCUT2D eigenvalue weighted by molar-refractivity contribution is 0.994. The van der Waals surface area contributed by atoms with E-state index in [1.165, 1.54) is 17.3 Å². The molecular weight excluding hydrogens is 264 g/mol. The van der Waals surface area contributed by atoms with Crippen LogP contribution in [0.1, 0.15) is 18.2 Å². The zero-order chi connectivity index (χ0) is 13.0. The number of imidazole rings is 1. The Balaban J connectivity index is 2.32. The van der Waals surface area contributed by atoms with Crippen molar-refractivity contribution in [1.82, 2.24) is 9.55 Å². The summed E-state index contributed by atoms with van der Waals surface area (Å²) in [6.45, 7) is 3.89. The van der Waals surface area contributed by atoms with Gasteiger partial charge in [0.1, 0.15) is 6.33 Å². The number of nitrogens with zero attached hydrogens (tertiary/aromatic N) is 2. The molecule has 4 heteroatoms. The first-order chi connectivity index (χ1) is 8.72. The molecule has 0 spiro atoms. The zero-order valence-electron chi connectivity index (χ0n) is 10.3. The lowest BCUT2D eigenvalue weighted by Crippen LogP contribution is -1.97. The number of rotatable bonds is 3. The van der Waals surface area contributed by atoms with E-state index in [0.29, 0.717) is 5.15 Å². The number of halogens is 1. The van der Waals surface area contributed by atoms with Gasteiger partial charge in [-0.2, -0.15) is 0 Å². The molecule has 92 valence electrons. The van der Waals surface area contributed by atoms with Crippen LogP contribution < -0.4 is 0 Å². The number of aryl methyl sites for hydroxylation is 1. The quantitative estimate of drug-likeness (QED) is 0.787. The van der Waals surface area contributed by atoms with Crippen molar-refractivity contribution in [2.45, 2.75) is 19.6 Å². The second-order valence-electron chi connectivity index (χ2n) is 3.83. The van der Waals surface area contributed by atoms with Crippen molar-refractivity contribution in [3.8, 4) is 16.9 Å². The van der Waals surface area contributed by atoms with Crippen molar-refractivity contribution in [2.75, 3.05) is 0 Å². The molecule has 0 N–H and O–H groups in total. The van der Waals surface area contributed by atoms with Gasteiger partial charge in [-0.15, -0.1) is 0 Å². The van der Waals surface area contributed by atoms with Gasteiger partial charge in [0.2, 0.25) is 0 Å². The van der Waals surface area contributed by atoms with Gasteiger partial charge < -0.3 is 4.57 Å². The molecular formula is C14H13ClN2S. The minimum absolute atomic E-state index is 0.543. The van der Waals surface area contributed by atoms with Gasteiger partial charge in [-0.05, 0) is 31.2 Å². The molecule has 0 amide bonds. The standard InChI is InChI=1S/C14H13ClN2S/c1-3-8-18-9-13-14(15)16-10-17(13)12-6-4-11(2)5-7-12/h4-7,10H,9H2,1-2H3. The third kappa shape index (κ3) is 2.90. The minimum atomic E-state index is 0.543. The number of hydrogen-bond donors (Lipinski definition) is 0. The van der Waals surface area contributed by atoms with Gasteiger partial charge in [0.05, 0.1) is 5.69 Å². The van der Waals surface area contributed by atoms with Crippen LogP contribution in [-0.2, 0) is 5.75 Å². The molecule has 0 aliphatic heterocycles. The summed E-state index contributed by atoms with van der Waals surface area (Å²) in [5.74, 6) is 3.59. The summed E-state index contributed by atoms with van der Waals surface area (Å²) in [5.41, 5.74) is 3.28. The van der Waals surface area contributed by atoms with E-state index in [0.717, 1.165) is 17.1 Å². The van der Waals surface area contributed by atoms with Crippen molar-refractivity contribution < 1.29 is 0 Å². The molecule has 0 fully saturated rings. The Labute approximate surface area is 116 Å². The third-order valence-electron chi connectivity index (χ3n) is 2.51. The fraction of sp³-hybridized carbons (Fsp3) is 0.214. The van der Waals surface area contributed by atoms with Gasteiger partial charge in [-0.1, -0.05) is 47.0 Å². The first kappa shape index (κ1) is 13.1. The number of thioether (sulfide) groups is 1. The van der Waals surface area contributed by atoms with Crippen molar-refractivity contribution >= 4 is 23.4 Å². The van der Waals surface area contributed by atoms with Crippen LogP contribution in [0.2, 0.25) is 5.15 Å². The Bertz CT molecular complexity index is 590. The molecule has 18 heavy (non-hydrogen) atoms. The predicted molar refractivity (Wildman–Crippen MR) is 78.1 cm³/mol. The Hall–Kier alpha value is -1.37. The van der Waals surface area contributed by atoms with Crippen LogP contribution in [0.4, 0.5) is 0 Å². The SMILES string of the molecule is CC#CSCc1c(Cl)ncn1-c1ccc(C)cc1. The minimum Gasteiger partial charge on any atom is -0.301 e. The summed E-state index contributed by atoms with van der Waals surface area (Å²) in [6.07, 6.45) is 1.75. The summed E-state index contributed by atoms with van der Waals surface area (Å²) in [7, 11) is 0. The van der Waals surface area contributed by atoms with Gasteiger partial charge in [-0.25, -0.2) is 4.98 Å². The second kappa shape index (κ2) is 5.99. The third-order valence-corrected chi connectivity index (χ3v) is 3.59. The normalized spacial score (nSPS) is 9.94. The van der Waals surface area contributed by atoms with Gasteiger partial charge in [0.25, 0.3) is 0 Å². The Kier molecular flexibility index (Phi) is 4.35. The van der Waals surface area contributed by atoms with E-state index >= 15 is 0 Å². The van der Waals surface area contributed by atoms with Crippen molar-refractivity contribution in [3.05, 3.63) is 47.0 Å². The Morgan fingerprint density at radius 2 is 2.06 bits per heavy atom. The van der Waals surface area contributed by atoms with Crippen LogP contribution in [0.5, 0.6) is 0 Å². The Morgan fingerprint density at radius 3 is 2.72 bits per heavy atom. The predicted octanol–water partition coefficient (Wildman–Crippen LogP) is 4.05. The van der Waals surface area contributed by atoms with E-state index in [1.807, 2.05) is 11.5 Å².